The largest absolute Gasteiger partial charge is 0.497 e. The van der Waals surface area contributed by atoms with Crippen LogP contribution < -0.4 is 14.8 Å². The van der Waals surface area contributed by atoms with E-state index in [0.717, 1.165) is 30.2 Å². The first kappa shape index (κ1) is 17.0. The van der Waals surface area contributed by atoms with E-state index in [-0.39, 0.29) is 16.5 Å². The van der Waals surface area contributed by atoms with Gasteiger partial charge in [0.15, 0.2) is 0 Å². The van der Waals surface area contributed by atoms with Crippen molar-refractivity contribution in [1.29, 1.82) is 0 Å². The summed E-state index contributed by atoms with van der Waals surface area (Å²) in [6.45, 7) is 6.40. The molecule has 0 aromatic heterocycles. The molecule has 0 saturated carbocycles. The van der Waals surface area contributed by atoms with Crippen LogP contribution in [0.5, 0.6) is 11.5 Å². The van der Waals surface area contributed by atoms with E-state index in [4.69, 9.17) is 9.47 Å². The van der Waals surface area contributed by atoms with Gasteiger partial charge in [-0.25, -0.2) is 0 Å². The van der Waals surface area contributed by atoms with Crippen molar-refractivity contribution in [3.63, 3.8) is 0 Å². The molecule has 2 rings (SSSR count). The summed E-state index contributed by atoms with van der Waals surface area (Å²) in [5.74, 6) is 1.74. The molecule has 22 heavy (non-hydrogen) atoms. The zero-order valence-electron chi connectivity index (χ0n) is 13.6. The first-order valence-corrected chi connectivity index (χ1v) is 8.45. The topological polar surface area (TPSA) is 50.8 Å². The maximum Gasteiger partial charge on any atom is 0.236 e. The van der Waals surface area contributed by atoms with Gasteiger partial charge < -0.3 is 19.7 Å². The molecule has 1 aromatic carbocycles. The number of rotatable bonds is 7. The van der Waals surface area contributed by atoms with E-state index < -0.39 is 0 Å². The van der Waals surface area contributed by atoms with Gasteiger partial charge in [-0.3, -0.25) is 4.79 Å². The van der Waals surface area contributed by atoms with Crippen molar-refractivity contribution in [3.05, 3.63) is 23.8 Å². The van der Waals surface area contributed by atoms with Gasteiger partial charge in [0.05, 0.1) is 19.5 Å². The molecule has 122 valence electrons. The van der Waals surface area contributed by atoms with Crippen LogP contribution in [0.3, 0.4) is 0 Å². The molecule has 0 aliphatic carbocycles. The number of hydrogen-bond acceptors (Lipinski definition) is 5. The Labute approximate surface area is 136 Å². The molecule has 6 heteroatoms. The third-order valence-electron chi connectivity index (χ3n) is 3.73. The van der Waals surface area contributed by atoms with Crippen LogP contribution >= 0.6 is 11.8 Å². The Bertz CT molecular complexity index is 524. The summed E-state index contributed by atoms with van der Waals surface area (Å²) in [7, 11) is 3.29. The number of carbonyl (C=O) groups is 1. The summed E-state index contributed by atoms with van der Waals surface area (Å²) in [5.41, 5.74) is 0.987. The molecule has 0 spiro atoms. The van der Waals surface area contributed by atoms with E-state index in [2.05, 4.69) is 12.2 Å². The Morgan fingerprint density at radius 2 is 2.09 bits per heavy atom. The van der Waals surface area contributed by atoms with Gasteiger partial charge in [-0.15, -0.1) is 11.8 Å². The lowest BCUT2D eigenvalue weighted by atomic mass is 10.1. The molecule has 2 atom stereocenters. The van der Waals surface area contributed by atoms with Crippen molar-refractivity contribution in [2.45, 2.75) is 24.5 Å². The standard InChI is InChI=1S/C16H24N2O3S/c1-5-17-8-9-18-15(19)11(2)22-16(18)13-10-12(20-3)6-7-14(13)21-4/h6-7,10-11,16-17H,5,8-9H2,1-4H3/t11-,16+/m0/s1. The number of hydrogen-bond donors (Lipinski definition) is 1. The molecule has 0 radical (unpaired) electrons. The minimum absolute atomic E-state index is 0.0359. The Morgan fingerprint density at radius 3 is 2.73 bits per heavy atom. The van der Waals surface area contributed by atoms with Crippen LogP contribution in [0.2, 0.25) is 0 Å². The van der Waals surface area contributed by atoms with E-state index in [0.29, 0.717) is 6.54 Å². The number of likely N-dealkylation sites (N-methyl/N-ethyl adjacent to an activating group) is 1. The van der Waals surface area contributed by atoms with Gasteiger partial charge >= 0.3 is 0 Å². The molecule has 1 saturated heterocycles. The molecule has 1 aliphatic heterocycles. The van der Waals surface area contributed by atoms with Crippen LogP contribution in [-0.4, -0.2) is 49.9 Å². The molecular formula is C16H24N2O3S. The molecule has 1 amide bonds. The summed E-state index contributed by atoms with van der Waals surface area (Å²) in [6.07, 6.45) is 0. The Balaban J connectivity index is 2.29. The average Bonchev–Trinajstić information content (AvgIpc) is 2.82. The SMILES string of the molecule is CCNCCN1C(=O)[C@H](C)S[C@@H]1c1cc(OC)ccc1OC. The lowest BCUT2D eigenvalue weighted by Crippen LogP contribution is -2.36. The van der Waals surface area contributed by atoms with Gasteiger partial charge in [-0.1, -0.05) is 6.92 Å². The molecule has 0 bridgehead atoms. The predicted octanol–water partition coefficient (Wildman–Crippen LogP) is 2.28. The maximum absolute atomic E-state index is 12.4. The van der Waals surface area contributed by atoms with Crippen molar-refractivity contribution in [1.82, 2.24) is 10.2 Å². The van der Waals surface area contributed by atoms with Crippen molar-refractivity contribution in [2.24, 2.45) is 0 Å². The maximum atomic E-state index is 12.4. The highest BCUT2D eigenvalue weighted by Crippen LogP contribution is 2.46. The highest BCUT2D eigenvalue weighted by molar-refractivity contribution is 8.01. The van der Waals surface area contributed by atoms with E-state index in [1.54, 1.807) is 26.0 Å². The number of nitrogens with zero attached hydrogens (tertiary/aromatic N) is 1. The Hall–Kier alpha value is -1.40. The van der Waals surface area contributed by atoms with Crippen molar-refractivity contribution in [3.8, 4) is 11.5 Å². The monoisotopic (exact) mass is 324 g/mol. The molecule has 1 heterocycles. The lowest BCUT2D eigenvalue weighted by Gasteiger charge is -2.25. The zero-order chi connectivity index (χ0) is 16.1. The second-order valence-corrected chi connectivity index (χ2v) is 6.55. The second-order valence-electron chi connectivity index (χ2n) is 5.12. The smallest absolute Gasteiger partial charge is 0.236 e. The quantitative estimate of drug-likeness (QED) is 0.780. The van der Waals surface area contributed by atoms with Crippen LogP contribution in [0.4, 0.5) is 0 Å². The van der Waals surface area contributed by atoms with Gasteiger partial charge in [0.2, 0.25) is 5.91 Å². The molecule has 0 unspecified atom stereocenters. The van der Waals surface area contributed by atoms with Crippen molar-refractivity contribution in [2.75, 3.05) is 33.9 Å². The third kappa shape index (κ3) is 3.50. The van der Waals surface area contributed by atoms with Gasteiger partial charge in [-0.05, 0) is 31.7 Å². The Kier molecular flexibility index (Phi) is 5.97. The van der Waals surface area contributed by atoms with E-state index in [1.807, 2.05) is 30.0 Å². The van der Waals surface area contributed by atoms with Crippen LogP contribution in [-0.2, 0) is 4.79 Å². The minimum atomic E-state index is -0.0393. The molecule has 1 aliphatic rings. The number of benzene rings is 1. The van der Waals surface area contributed by atoms with Gasteiger partial charge in [0.1, 0.15) is 16.9 Å². The lowest BCUT2D eigenvalue weighted by molar-refractivity contribution is -0.129. The van der Waals surface area contributed by atoms with Crippen molar-refractivity contribution < 1.29 is 14.3 Å². The fourth-order valence-electron chi connectivity index (χ4n) is 2.55. The van der Waals surface area contributed by atoms with Crippen LogP contribution in [0.15, 0.2) is 18.2 Å². The van der Waals surface area contributed by atoms with Crippen LogP contribution in [0.25, 0.3) is 0 Å². The first-order valence-electron chi connectivity index (χ1n) is 7.51. The summed E-state index contributed by atoms with van der Waals surface area (Å²) in [5, 5.41) is 3.20. The third-order valence-corrected chi connectivity index (χ3v) is 5.11. The zero-order valence-corrected chi connectivity index (χ0v) is 14.4. The highest BCUT2D eigenvalue weighted by atomic mass is 32.2. The Morgan fingerprint density at radius 1 is 1.32 bits per heavy atom. The molecule has 1 N–H and O–H groups in total. The first-order chi connectivity index (χ1) is 10.6. The molecule has 1 aromatic rings. The minimum Gasteiger partial charge on any atom is -0.497 e. The summed E-state index contributed by atoms with van der Waals surface area (Å²) < 4.78 is 10.8. The van der Waals surface area contributed by atoms with Crippen LogP contribution in [0.1, 0.15) is 24.8 Å². The molecule has 5 nitrogen and oxygen atoms in total. The fourth-order valence-corrected chi connectivity index (χ4v) is 3.88. The predicted molar refractivity (Wildman–Crippen MR) is 89.6 cm³/mol. The van der Waals surface area contributed by atoms with E-state index in [9.17, 15) is 4.79 Å². The summed E-state index contributed by atoms with van der Waals surface area (Å²) >= 11 is 1.65. The van der Waals surface area contributed by atoms with Crippen molar-refractivity contribution >= 4 is 17.7 Å². The number of nitrogens with one attached hydrogen (secondary N) is 1. The van der Waals surface area contributed by atoms with E-state index >= 15 is 0 Å². The van der Waals surface area contributed by atoms with E-state index in [1.165, 1.54) is 0 Å². The number of amides is 1. The normalized spacial score (nSPS) is 21.3. The summed E-state index contributed by atoms with van der Waals surface area (Å²) in [4.78, 5) is 14.4. The number of ether oxygens (including phenoxy) is 2. The van der Waals surface area contributed by atoms with Gasteiger partial charge in [-0.2, -0.15) is 0 Å². The average molecular weight is 324 g/mol. The number of thioether (sulfide) groups is 1. The molecule has 1 fully saturated rings. The van der Waals surface area contributed by atoms with Gasteiger partial charge in [0, 0.05) is 18.7 Å². The fraction of sp³-hybridized carbons (Fsp3) is 0.562. The van der Waals surface area contributed by atoms with Gasteiger partial charge in [0.25, 0.3) is 0 Å². The molecular weight excluding hydrogens is 300 g/mol. The second kappa shape index (κ2) is 7.74. The number of carbonyl (C=O) groups excluding carboxylic acids is 1. The number of methoxy groups -OCH3 is 2. The highest BCUT2D eigenvalue weighted by Gasteiger charge is 2.39. The summed E-state index contributed by atoms with van der Waals surface area (Å²) in [6, 6.07) is 5.73. The van der Waals surface area contributed by atoms with Crippen LogP contribution in [0, 0.1) is 0 Å².